The first-order valence-corrected chi connectivity index (χ1v) is 4.56. The molecule has 2 rings (SSSR count). The molecule has 60 valence electrons. The van der Waals surface area contributed by atoms with E-state index in [1.54, 1.807) is 0 Å². The number of nitrogens with zero attached hydrogens (tertiary/aromatic N) is 1. The van der Waals surface area contributed by atoms with Crippen LogP contribution in [0.2, 0.25) is 0 Å². The number of rotatable bonds is 0. The van der Waals surface area contributed by atoms with E-state index in [0.717, 1.165) is 4.47 Å². The Morgan fingerprint density at radius 3 is 2.92 bits per heavy atom. The van der Waals surface area contributed by atoms with Crippen molar-refractivity contribution in [2.45, 2.75) is 6.92 Å². The summed E-state index contributed by atoms with van der Waals surface area (Å²) in [7, 11) is 0. The number of fused-ring (bicyclic) bond motifs is 1. The van der Waals surface area contributed by atoms with Crippen molar-refractivity contribution in [3.8, 4) is 0 Å². The molecule has 2 heteroatoms. The molecule has 0 saturated heterocycles. The molecule has 0 fully saturated rings. The number of benzene rings is 1. The van der Waals surface area contributed by atoms with E-state index in [2.05, 4.69) is 46.0 Å². The van der Waals surface area contributed by atoms with Gasteiger partial charge in [-0.15, -0.1) is 0 Å². The maximum absolute atomic E-state index is 4.11. The minimum Gasteiger partial charge on any atom is -0.263 e. The van der Waals surface area contributed by atoms with Crippen molar-refractivity contribution in [2.75, 3.05) is 0 Å². The monoisotopic (exact) mass is 221 g/mol. The van der Waals surface area contributed by atoms with E-state index >= 15 is 0 Å². The van der Waals surface area contributed by atoms with E-state index in [0.29, 0.717) is 0 Å². The van der Waals surface area contributed by atoms with Gasteiger partial charge < -0.3 is 0 Å². The van der Waals surface area contributed by atoms with Crippen LogP contribution in [0.5, 0.6) is 0 Å². The molecule has 0 spiro atoms. The smallest absolute Gasteiger partial charge is 0.0437 e. The van der Waals surface area contributed by atoms with Gasteiger partial charge in [-0.25, -0.2) is 0 Å². The summed E-state index contributed by atoms with van der Waals surface area (Å²) in [6, 6.07) is 6.34. The Bertz CT molecular complexity index is 423. The molecule has 2 aromatic rings. The molecule has 0 radical (unpaired) electrons. The summed E-state index contributed by atoms with van der Waals surface area (Å²) in [5.74, 6) is 0. The van der Waals surface area contributed by atoms with Gasteiger partial charge in [0, 0.05) is 22.3 Å². The lowest BCUT2D eigenvalue weighted by Gasteiger charge is -1.99. The molecule has 1 nitrogen and oxygen atoms in total. The molecule has 0 unspecified atom stereocenters. The van der Waals surface area contributed by atoms with Crippen LogP contribution in [0.4, 0.5) is 0 Å². The fourth-order valence-electron chi connectivity index (χ4n) is 1.26. The molecule has 0 bridgehead atoms. The van der Waals surface area contributed by atoms with Crippen molar-refractivity contribution in [1.82, 2.24) is 4.98 Å². The van der Waals surface area contributed by atoms with Crippen LogP contribution >= 0.6 is 15.9 Å². The third-order valence-electron chi connectivity index (χ3n) is 1.87. The van der Waals surface area contributed by atoms with Crippen molar-refractivity contribution in [1.29, 1.82) is 0 Å². The summed E-state index contributed by atoms with van der Waals surface area (Å²) >= 11 is 3.46. The quantitative estimate of drug-likeness (QED) is 0.666. The van der Waals surface area contributed by atoms with Gasteiger partial charge in [0.25, 0.3) is 0 Å². The normalized spacial score (nSPS) is 10.5. The Hall–Kier alpha value is -0.890. The van der Waals surface area contributed by atoms with Gasteiger partial charge in [-0.05, 0) is 34.3 Å². The molecule has 12 heavy (non-hydrogen) atoms. The van der Waals surface area contributed by atoms with Crippen LogP contribution in [-0.4, -0.2) is 4.98 Å². The predicted molar refractivity (Wildman–Crippen MR) is 54.2 cm³/mol. The number of aromatic nitrogens is 1. The minimum atomic E-state index is 1.06. The average molecular weight is 222 g/mol. The largest absolute Gasteiger partial charge is 0.263 e. The molecule has 1 aromatic heterocycles. The average Bonchev–Trinajstić information content (AvgIpc) is 2.04. The van der Waals surface area contributed by atoms with E-state index in [1.807, 2.05) is 12.4 Å². The highest BCUT2D eigenvalue weighted by Crippen LogP contribution is 2.22. The summed E-state index contributed by atoms with van der Waals surface area (Å²) in [5, 5.41) is 2.40. The van der Waals surface area contributed by atoms with E-state index in [-0.39, 0.29) is 0 Å². The predicted octanol–water partition coefficient (Wildman–Crippen LogP) is 3.31. The standard InChI is InChI=1S/C10H8BrN/c1-7-2-3-9-8(4-7)5-12-6-10(9)11/h2-6H,1H3. The van der Waals surface area contributed by atoms with Crippen molar-refractivity contribution >= 4 is 26.7 Å². The second-order valence-electron chi connectivity index (χ2n) is 2.85. The van der Waals surface area contributed by atoms with Crippen molar-refractivity contribution in [2.24, 2.45) is 0 Å². The van der Waals surface area contributed by atoms with E-state index in [4.69, 9.17) is 0 Å². The Kier molecular flexibility index (Phi) is 1.85. The van der Waals surface area contributed by atoms with Crippen LogP contribution in [0.3, 0.4) is 0 Å². The lowest BCUT2D eigenvalue weighted by molar-refractivity contribution is 1.34. The second kappa shape index (κ2) is 2.87. The lowest BCUT2D eigenvalue weighted by Crippen LogP contribution is -1.78. The maximum atomic E-state index is 4.11. The van der Waals surface area contributed by atoms with Gasteiger partial charge in [0.05, 0.1) is 0 Å². The zero-order chi connectivity index (χ0) is 8.55. The summed E-state index contributed by atoms with van der Waals surface area (Å²) in [6.45, 7) is 2.08. The second-order valence-corrected chi connectivity index (χ2v) is 3.70. The molecule has 0 aliphatic heterocycles. The minimum absolute atomic E-state index is 1.06. The highest BCUT2D eigenvalue weighted by molar-refractivity contribution is 9.10. The Labute approximate surface area is 79.6 Å². The van der Waals surface area contributed by atoms with Crippen LogP contribution in [0, 0.1) is 6.92 Å². The van der Waals surface area contributed by atoms with Crippen LogP contribution in [-0.2, 0) is 0 Å². The zero-order valence-electron chi connectivity index (χ0n) is 6.71. The molecule has 0 atom stereocenters. The van der Waals surface area contributed by atoms with Crippen molar-refractivity contribution in [3.05, 3.63) is 40.6 Å². The fourth-order valence-corrected chi connectivity index (χ4v) is 1.74. The third kappa shape index (κ3) is 1.23. The summed E-state index contributed by atoms with van der Waals surface area (Å²) in [6.07, 6.45) is 3.70. The maximum Gasteiger partial charge on any atom is 0.0437 e. The Morgan fingerprint density at radius 1 is 1.25 bits per heavy atom. The third-order valence-corrected chi connectivity index (χ3v) is 2.50. The molecule has 1 heterocycles. The number of pyridine rings is 1. The summed E-state index contributed by atoms with van der Waals surface area (Å²) in [5.41, 5.74) is 1.27. The lowest BCUT2D eigenvalue weighted by atomic mass is 10.1. The number of halogens is 1. The van der Waals surface area contributed by atoms with Gasteiger partial charge in [-0.3, -0.25) is 4.98 Å². The van der Waals surface area contributed by atoms with Gasteiger partial charge in [-0.1, -0.05) is 17.7 Å². The Morgan fingerprint density at radius 2 is 2.08 bits per heavy atom. The number of hydrogen-bond donors (Lipinski definition) is 0. The van der Waals surface area contributed by atoms with Gasteiger partial charge >= 0.3 is 0 Å². The topological polar surface area (TPSA) is 12.9 Å². The SMILES string of the molecule is Cc1ccc2c(Br)cncc2c1. The number of aryl methyl sites for hydroxylation is 1. The molecule has 0 saturated carbocycles. The van der Waals surface area contributed by atoms with Gasteiger partial charge in [0.1, 0.15) is 0 Å². The van der Waals surface area contributed by atoms with Crippen LogP contribution in [0.25, 0.3) is 10.8 Å². The molecular formula is C10H8BrN. The van der Waals surface area contributed by atoms with Crippen LogP contribution in [0.1, 0.15) is 5.56 Å². The van der Waals surface area contributed by atoms with Crippen LogP contribution < -0.4 is 0 Å². The zero-order valence-corrected chi connectivity index (χ0v) is 8.30. The Balaban J connectivity index is 2.86. The fraction of sp³-hybridized carbons (Fsp3) is 0.100. The molecule has 1 aromatic carbocycles. The molecular weight excluding hydrogens is 214 g/mol. The molecule has 0 aliphatic carbocycles. The molecule has 0 N–H and O–H groups in total. The van der Waals surface area contributed by atoms with E-state index in [9.17, 15) is 0 Å². The van der Waals surface area contributed by atoms with Crippen LogP contribution in [0.15, 0.2) is 35.1 Å². The highest BCUT2D eigenvalue weighted by Gasteiger charge is 1.97. The first-order valence-electron chi connectivity index (χ1n) is 3.77. The first-order chi connectivity index (χ1) is 5.77. The molecule has 0 aliphatic rings. The summed E-state index contributed by atoms with van der Waals surface area (Å²) < 4.78 is 1.06. The van der Waals surface area contributed by atoms with Gasteiger partial charge in [0.2, 0.25) is 0 Å². The van der Waals surface area contributed by atoms with Gasteiger partial charge in [-0.2, -0.15) is 0 Å². The molecule has 0 amide bonds. The van der Waals surface area contributed by atoms with Crippen molar-refractivity contribution < 1.29 is 0 Å². The first kappa shape index (κ1) is 7.74. The van der Waals surface area contributed by atoms with E-state index < -0.39 is 0 Å². The summed E-state index contributed by atoms with van der Waals surface area (Å²) in [4.78, 5) is 4.11. The van der Waals surface area contributed by atoms with Gasteiger partial charge in [0.15, 0.2) is 0 Å². The number of hydrogen-bond acceptors (Lipinski definition) is 1. The highest BCUT2D eigenvalue weighted by atomic mass is 79.9. The van der Waals surface area contributed by atoms with E-state index in [1.165, 1.54) is 16.3 Å². The van der Waals surface area contributed by atoms with Crippen molar-refractivity contribution in [3.63, 3.8) is 0 Å².